The lowest BCUT2D eigenvalue weighted by Gasteiger charge is -2.24. The molecule has 0 aromatic carbocycles. The van der Waals surface area contributed by atoms with Crippen molar-refractivity contribution in [2.75, 3.05) is 26.3 Å². The lowest BCUT2D eigenvalue weighted by molar-refractivity contribution is -0.139. The number of terminal acetylenes is 1. The van der Waals surface area contributed by atoms with Crippen LogP contribution in [-0.4, -0.2) is 59.1 Å². The minimum Gasteiger partial charge on any atom is -0.447 e. The molecule has 1 fully saturated rings. The third-order valence-electron chi connectivity index (χ3n) is 6.34. The molecular weight excluding hydrogens is 507 g/mol. The van der Waals surface area contributed by atoms with Crippen molar-refractivity contribution < 1.29 is 32.2 Å². The number of hydrogen-bond donors (Lipinski definition) is 1. The monoisotopic (exact) mass is 545 g/mol. The average molecular weight is 546 g/mol. The second kappa shape index (κ2) is 15.6. The van der Waals surface area contributed by atoms with E-state index in [-0.39, 0.29) is 19.6 Å². The Morgan fingerprint density at radius 2 is 1.82 bits per heavy atom. The summed E-state index contributed by atoms with van der Waals surface area (Å²) >= 11 is 0. The summed E-state index contributed by atoms with van der Waals surface area (Å²) in [5.41, 5.74) is -4.14. The van der Waals surface area contributed by atoms with Crippen LogP contribution in [-0.2, 0) is 20.4 Å². The number of aromatic nitrogens is 2. The third-order valence-corrected chi connectivity index (χ3v) is 6.34. The Bertz CT molecular complexity index is 1030. The van der Waals surface area contributed by atoms with Crippen LogP contribution < -0.4 is 11.2 Å². The molecule has 214 valence electrons. The van der Waals surface area contributed by atoms with Gasteiger partial charge in [0.15, 0.2) is 0 Å². The molecule has 1 aromatic rings. The number of nitrogens with one attached hydrogen (secondary N) is 1. The van der Waals surface area contributed by atoms with Gasteiger partial charge >= 0.3 is 18.0 Å². The number of carbonyl (C=O) groups excluding carboxylic acids is 1. The molecule has 0 saturated carbocycles. The zero-order valence-electron chi connectivity index (χ0n) is 22.1. The van der Waals surface area contributed by atoms with Gasteiger partial charge in [-0.05, 0) is 12.8 Å². The van der Waals surface area contributed by atoms with E-state index in [4.69, 9.17) is 20.6 Å². The topological polar surface area (TPSA) is 103 Å². The average Bonchev–Trinajstić information content (AvgIpc) is 3.26. The summed E-state index contributed by atoms with van der Waals surface area (Å²) < 4.78 is 57.2. The first-order valence-electron chi connectivity index (χ1n) is 13.2. The van der Waals surface area contributed by atoms with Gasteiger partial charge in [0.2, 0.25) is 0 Å². The number of alkyl halides is 3. The highest BCUT2D eigenvalue weighted by atomic mass is 19.4. The molecule has 12 heteroatoms. The predicted octanol–water partition coefficient (Wildman–Crippen LogP) is 4.46. The molecule has 1 N–H and O–H groups in total. The lowest BCUT2D eigenvalue weighted by Crippen LogP contribution is -2.37. The van der Waals surface area contributed by atoms with Crippen LogP contribution in [0.1, 0.15) is 83.4 Å². The number of nitrogens with zero attached hydrogens (tertiary/aromatic N) is 2. The SMILES string of the molecule is C#CCO[C@H]1C[C@H](n2cc(C(F)(F)F)c(=O)[nH]c2=O)O[C@@H]1COC(=O)N(CCCC)CCCCCCCC. The second-order valence-corrected chi connectivity index (χ2v) is 9.31. The number of halogens is 3. The van der Waals surface area contributed by atoms with Crippen LogP contribution in [0.2, 0.25) is 0 Å². The Morgan fingerprint density at radius 3 is 2.47 bits per heavy atom. The third kappa shape index (κ3) is 9.51. The van der Waals surface area contributed by atoms with Crippen LogP contribution in [0.5, 0.6) is 0 Å². The standard InChI is InChI=1S/C26H38F3N3O6/c1-4-7-9-10-11-12-14-31(13-8-5-2)25(35)37-18-21-20(36-15-6-3)16-22(38-21)32-17-19(26(27,28)29)23(33)30-24(32)34/h3,17,20-22H,4-5,7-16,18H2,1-2H3,(H,30,33,34)/t20-,21+,22+/m0/s1. The van der Waals surface area contributed by atoms with Crippen LogP contribution >= 0.6 is 0 Å². The molecule has 3 atom stereocenters. The van der Waals surface area contributed by atoms with E-state index in [1.807, 2.05) is 6.92 Å². The number of amides is 1. The molecule has 1 saturated heterocycles. The minimum atomic E-state index is -4.96. The predicted molar refractivity (Wildman–Crippen MR) is 135 cm³/mol. The molecule has 0 aliphatic carbocycles. The van der Waals surface area contributed by atoms with Crippen molar-refractivity contribution >= 4 is 6.09 Å². The number of hydrogen-bond acceptors (Lipinski definition) is 6. The fourth-order valence-corrected chi connectivity index (χ4v) is 4.22. The van der Waals surface area contributed by atoms with Gasteiger partial charge in [0, 0.05) is 25.7 Å². The van der Waals surface area contributed by atoms with E-state index < -0.39 is 47.5 Å². The van der Waals surface area contributed by atoms with Gasteiger partial charge in [-0.1, -0.05) is 58.3 Å². The summed E-state index contributed by atoms with van der Waals surface area (Å²) in [7, 11) is 0. The molecular formula is C26H38F3N3O6. The van der Waals surface area contributed by atoms with Gasteiger partial charge in [-0.3, -0.25) is 14.3 Å². The number of ether oxygens (including phenoxy) is 3. The summed E-state index contributed by atoms with van der Waals surface area (Å²) in [6.45, 7) is 4.93. The summed E-state index contributed by atoms with van der Waals surface area (Å²) in [6, 6.07) is 0. The minimum absolute atomic E-state index is 0.0372. The van der Waals surface area contributed by atoms with E-state index in [0.29, 0.717) is 23.9 Å². The van der Waals surface area contributed by atoms with Crippen LogP contribution in [0.15, 0.2) is 15.8 Å². The van der Waals surface area contributed by atoms with Crippen LogP contribution in [0, 0.1) is 12.3 Å². The van der Waals surface area contributed by atoms with Crippen molar-refractivity contribution in [1.29, 1.82) is 0 Å². The van der Waals surface area contributed by atoms with Gasteiger partial charge in [-0.2, -0.15) is 13.2 Å². The number of rotatable bonds is 15. The summed E-state index contributed by atoms with van der Waals surface area (Å²) in [5, 5.41) is 0. The van der Waals surface area contributed by atoms with Gasteiger partial charge in [0.25, 0.3) is 5.56 Å². The zero-order valence-corrected chi connectivity index (χ0v) is 22.1. The van der Waals surface area contributed by atoms with E-state index in [2.05, 4.69) is 12.8 Å². The molecule has 0 radical (unpaired) electrons. The maximum atomic E-state index is 13.2. The Labute approximate surface area is 220 Å². The molecule has 0 spiro atoms. The van der Waals surface area contributed by atoms with E-state index in [1.54, 1.807) is 9.88 Å². The summed E-state index contributed by atoms with van der Waals surface area (Å²) in [5.74, 6) is 2.31. The molecule has 1 aliphatic heterocycles. The molecule has 0 bridgehead atoms. The number of H-pyrrole nitrogens is 1. The van der Waals surface area contributed by atoms with Crippen molar-refractivity contribution in [1.82, 2.24) is 14.5 Å². The maximum absolute atomic E-state index is 13.2. The molecule has 0 unspecified atom stereocenters. The van der Waals surface area contributed by atoms with Crippen molar-refractivity contribution in [2.24, 2.45) is 0 Å². The van der Waals surface area contributed by atoms with Crippen molar-refractivity contribution in [2.45, 2.75) is 96.2 Å². The molecule has 1 aromatic heterocycles. The van der Waals surface area contributed by atoms with Crippen LogP contribution in [0.4, 0.5) is 18.0 Å². The van der Waals surface area contributed by atoms with E-state index in [9.17, 15) is 27.6 Å². The summed E-state index contributed by atoms with van der Waals surface area (Å²) in [6.07, 6.45) is 5.57. The van der Waals surface area contributed by atoms with Gasteiger partial charge in [0.1, 0.15) is 31.1 Å². The van der Waals surface area contributed by atoms with E-state index in [0.717, 1.165) is 44.9 Å². The molecule has 2 rings (SSSR count). The first-order valence-corrected chi connectivity index (χ1v) is 13.2. The molecule has 38 heavy (non-hydrogen) atoms. The van der Waals surface area contributed by atoms with Gasteiger partial charge in [-0.25, -0.2) is 9.59 Å². The second-order valence-electron chi connectivity index (χ2n) is 9.31. The zero-order chi connectivity index (χ0) is 28.1. The fourth-order valence-electron chi connectivity index (χ4n) is 4.22. The Balaban J connectivity index is 2.07. The highest BCUT2D eigenvalue weighted by Crippen LogP contribution is 2.32. The summed E-state index contributed by atoms with van der Waals surface area (Å²) in [4.78, 5) is 40.1. The molecule has 1 amide bonds. The normalized spacial score (nSPS) is 19.3. The van der Waals surface area contributed by atoms with Gasteiger partial charge in [-0.15, -0.1) is 6.42 Å². The lowest BCUT2D eigenvalue weighted by atomic mass is 10.1. The van der Waals surface area contributed by atoms with E-state index in [1.165, 1.54) is 6.42 Å². The number of aromatic amines is 1. The van der Waals surface area contributed by atoms with Crippen molar-refractivity contribution in [3.63, 3.8) is 0 Å². The van der Waals surface area contributed by atoms with Crippen molar-refractivity contribution in [3.8, 4) is 12.3 Å². The highest BCUT2D eigenvalue weighted by Gasteiger charge is 2.41. The number of carbonyl (C=O) groups is 1. The first kappa shape index (κ1) is 31.4. The quantitative estimate of drug-likeness (QED) is 0.258. The number of unbranched alkanes of at least 4 members (excludes halogenated alkanes) is 6. The van der Waals surface area contributed by atoms with Gasteiger partial charge < -0.3 is 19.1 Å². The van der Waals surface area contributed by atoms with Crippen LogP contribution in [0.3, 0.4) is 0 Å². The van der Waals surface area contributed by atoms with Crippen molar-refractivity contribution in [3.05, 3.63) is 32.6 Å². The fraction of sp³-hybridized carbons (Fsp3) is 0.731. The Hall–Kier alpha value is -2.78. The smallest absolute Gasteiger partial charge is 0.423 e. The Morgan fingerprint density at radius 1 is 1.16 bits per heavy atom. The molecule has 9 nitrogen and oxygen atoms in total. The molecule has 1 aliphatic rings. The maximum Gasteiger partial charge on any atom is 0.423 e. The van der Waals surface area contributed by atoms with E-state index >= 15 is 0 Å². The highest BCUT2D eigenvalue weighted by molar-refractivity contribution is 5.67. The first-order chi connectivity index (χ1) is 18.1. The Kier molecular flexibility index (Phi) is 12.9. The largest absolute Gasteiger partial charge is 0.447 e. The molecule has 2 heterocycles. The van der Waals surface area contributed by atoms with Gasteiger partial charge in [0.05, 0.1) is 6.10 Å². The van der Waals surface area contributed by atoms with Crippen LogP contribution in [0.25, 0.3) is 0 Å².